The molecule has 2 aromatic rings. The number of nitrogens with one attached hydrogen (secondary N) is 1. The van der Waals surface area contributed by atoms with Crippen LogP contribution in [0.15, 0.2) is 23.7 Å². The fourth-order valence-electron chi connectivity index (χ4n) is 4.57. The molecule has 2 aromatic heterocycles. The number of amides is 1. The van der Waals surface area contributed by atoms with Gasteiger partial charge in [-0.2, -0.15) is 0 Å². The molecule has 0 bridgehead atoms. The van der Waals surface area contributed by atoms with E-state index in [4.69, 9.17) is 0 Å². The molecule has 2 fully saturated rings. The topological polar surface area (TPSA) is 81.6 Å². The van der Waals surface area contributed by atoms with Crippen molar-refractivity contribution < 1.29 is 9.90 Å². The molecule has 1 saturated carbocycles. The summed E-state index contributed by atoms with van der Waals surface area (Å²) in [6.07, 6.45) is 2.62. The van der Waals surface area contributed by atoms with Gasteiger partial charge in [0.2, 0.25) is 5.95 Å². The van der Waals surface area contributed by atoms with Crippen molar-refractivity contribution in [3.63, 3.8) is 0 Å². The molecule has 0 radical (unpaired) electrons. The molecule has 0 aromatic carbocycles. The third kappa shape index (κ3) is 4.44. The highest BCUT2D eigenvalue weighted by atomic mass is 32.1. The van der Waals surface area contributed by atoms with Crippen molar-refractivity contribution in [1.29, 1.82) is 0 Å². The van der Waals surface area contributed by atoms with Crippen LogP contribution in [0.4, 0.5) is 5.95 Å². The predicted octanol–water partition coefficient (Wildman–Crippen LogP) is 1.91. The zero-order chi connectivity index (χ0) is 20.5. The van der Waals surface area contributed by atoms with Gasteiger partial charge in [0, 0.05) is 44.8 Å². The van der Waals surface area contributed by atoms with Crippen molar-refractivity contribution in [2.45, 2.75) is 38.5 Å². The first-order chi connectivity index (χ1) is 13.9. The number of aliphatic hydroxyl groups is 1. The number of anilines is 1. The van der Waals surface area contributed by atoms with Gasteiger partial charge in [-0.05, 0) is 43.0 Å². The number of likely N-dealkylation sites (tertiary alicyclic amines) is 1. The van der Waals surface area contributed by atoms with Gasteiger partial charge in [-0.25, -0.2) is 9.97 Å². The number of fused-ring (bicyclic) bond motifs is 1. The number of carbonyl (C=O) groups excluding carboxylic acids is 1. The third-order valence-corrected chi connectivity index (χ3v) is 6.97. The summed E-state index contributed by atoms with van der Waals surface area (Å²) in [5, 5.41) is 15.8. The zero-order valence-electron chi connectivity index (χ0n) is 17.2. The Morgan fingerprint density at radius 2 is 2.10 bits per heavy atom. The second kappa shape index (κ2) is 8.38. The Kier molecular flexibility index (Phi) is 5.85. The molecule has 4 rings (SSSR count). The van der Waals surface area contributed by atoms with Gasteiger partial charge in [-0.3, -0.25) is 9.69 Å². The van der Waals surface area contributed by atoms with Gasteiger partial charge in [-0.15, -0.1) is 11.3 Å². The summed E-state index contributed by atoms with van der Waals surface area (Å²) < 4.78 is 0. The van der Waals surface area contributed by atoms with Crippen LogP contribution < -0.4 is 10.2 Å². The minimum atomic E-state index is -0.510. The first kappa shape index (κ1) is 20.3. The maximum absolute atomic E-state index is 12.8. The average molecular weight is 416 g/mol. The molecule has 2 aliphatic rings. The SMILES string of the molecule is Cc1nc(N(C)C)ncc1C(=O)N[C@H]1C[C@H]2CN(Cc3cccs3)C[C@H]2C[C@@H]1O. The van der Waals surface area contributed by atoms with Gasteiger partial charge in [-0.1, -0.05) is 6.07 Å². The van der Waals surface area contributed by atoms with Gasteiger partial charge in [0.05, 0.1) is 23.4 Å². The summed E-state index contributed by atoms with van der Waals surface area (Å²) in [7, 11) is 3.74. The molecule has 0 spiro atoms. The largest absolute Gasteiger partial charge is 0.391 e. The van der Waals surface area contributed by atoms with Crippen molar-refractivity contribution in [3.05, 3.63) is 39.8 Å². The van der Waals surface area contributed by atoms with Crippen molar-refractivity contribution in [1.82, 2.24) is 20.2 Å². The Bertz CT molecular complexity index is 857. The van der Waals surface area contributed by atoms with Gasteiger partial charge in [0.1, 0.15) is 0 Å². The molecular weight excluding hydrogens is 386 g/mol. The van der Waals surface area contributed by atoms with E-state index in [9.17, 15) is 9.90 Å². The standard InChI is InChI=1S/C21H29N5O2S/c1-13-17(9-22-21(23-13)25(2)3)20(28)24-18-7-14-10-26(11-15(14)8-19(18)27)12-16-5-4-6-29-16/h4-6,9,14-15,18-19,27H,7-8,10-12H2,1-3H3,(H,24,28)/t14-,15+,18-,19-/m0/s1. The van der Waals surface area contributed by atoms with Crippen LogP contribution in [-0.2, 0) is 6.54 Å². The number of hydrogen-bond acceptors (Lipinski definition) is 7. The lowest BCUT2D eigenvalue weighted by Gasteiger charge is -2.35. The van der Waals surface area contributed by atoms with Crippen LogP contribution in [0.25, 0.3) is 0 Å². The van der Waals surface area contributed by atoms with E-state index in [2.05, 4.69) is 37.7 Å². The number of thiophene rings is 1. The number of nitrogens with zero attached hydrogens (tertiary/aromatic N) is 4. The van der Waals surface area contributed by atoms with E-state index in [1.54, 1.807) is 17.5 Å². The van der Waals surface area contributed by atoms with Crippen molar-refractivity contribution in [3.8, 4) is 0 Å². The lowest BCUT2D eigenvalue weighted by atomic mass is 9.77. The second-order valence-corrected chi connectivity index (χ2v) is 9.51. The molecule has 1 saturated heterocycles. The quantitative estimate of drug-likeness (QED) is 0.777. The van der Waals surface area contributed by atoms with Crippen LogP contribution in [0.5, 0.6) is 0 Å². The zero-order valence-corrected chi connectivity index (χ0v) is 18.0. The first-order valence-corrected chi connectivity index (χ1v) is 11.0. The van der Waals surface area contributed by atoms with Gasteiger partial charge < -0.3 is 15.3 Å². The lowest BCUT2D eigenvalue weighted by Crippen LogP contribution is -2.49. The molecule has 8 heteroatoms. The van der Waals surface area contributed by atoms with Crippen LogP contribution in [0, 0.1) is 18.8 Å². The average Bonchev–Trinajstić information content (AvgIpc) is 3.31. The van der Waals surface area contributed by atoms with Crippen molar-refractivity contribution in [2.24, 2.45) is 11.8 Å². The van der Waals surface area contributed by atoms with Crippen LogP contribution in [0.2, 0.25) is 0 Å². The Hall–Kier alpha value is -2.03. The smallest absolute Gasteiger partial charge is 0.255 e. The molecule has 4 atom stereocenters. The fraction of sp³-hybridized carbons (Fsp3) is 0.571. The Balaban J connectivity index is 1.38. The molecule has 1 amide bonds. The highest BCUT2D eigenvalue weighted by Gasteiger charge is 2.42. The molecule has 1 aliphatic heterocycles. The first-order valence-electron chi connectivity index (χ1n) is 10.2. The molecular formula is C21H29N5O2S. The number of rotatable bonds is 5. The van der Waals surface area contributed by atoms with Crippen LogP contribution >= 0.6 is 11.3 Å². The Morgan fingerprint density at radius 3 is 2.76 bits per heavy atom. The normalized spacial score (nSPS) is 26.9. The molecule has 1 aliphatic carbocycles. The van der Waals surface area contributed by atoms with E-state index < -0.39 is 6.10 Å². The van der Waals surface area contributed by atoms with E-state index in [0.29, 0.717) is 29.0 Å². The highest BCUT2D eigenvalue weighted by Crippen LogP contribution is 2.37. The third-order valence-electron chi connectivity index (χ3n) is 6.10. The van der Waals surface area contributed by atoms with Crippen molar-refractivity contribution >= 4 is 23.2 Å². The Morgan fingerprint density at radius 1 is 1.34 bits per heavy atom. The molecule has 156 valence electrons. The van der Waals surface area contributed by atoms with Crippen LogP contribution in [-0.4, -0.2) is 65.2 Å². The van der Waals surface area contributed by atoms with E-state index in [1.807, 2.05) is 25.9 Å². The minimum Gasteiger partial charge on any atom is -0.391 e. The number of aliphatic hydroxyl groups excluding tert-OH is 1. The molecule has 2 N–H and O–H groups in total. The summed E-state index contributed by atoms with van der Waals surface area (Å²) in [5.41, 5.74) is 1.11. The van der Waals surface area contributed by atoms with Crippen molar-refractivity contribution in [2.75, 3.05) is 32.1 Å². The molecule has 3 heterocycles. The van der Waals surface area contributed by atoms with E-state index in [1.165, 1.54) is 4.88 Å². The molecule has 0 unspecified atom stereocenters. The second-order valence-electron chi connectivity index (χ2n) is 8.48. The van der Waals surface area contributed by atoms with Gasteiger partial charge in [0.25, 0.3) is 5.91 Å². The maximum Gasteiger partial charge on any atom is 0.255 e. The fourth-order valence-corrected chi connectivity index (χ4v) is 5.32. The summed E-state index contributed by atoms with van der Waals surface area (Å²) in [5.74, 6) is 1.39. The monoisotopic (exact) mass is 415 g/mol. The van der Waals surface area contributed by atoms with Crippen LogP contribution in [0.1, 0.15) is 33.8 Å². The summed E-state index contributed by atoms with van der Waals surface area (Å²) in [4.78, 5) is 27.1. The van der Waals surface area contributed by atoms with E-state index in [0.717, 1.165) is 32.5 Å². The van der Waals surface area contributed by atoms with Gasteiger partial charge >= 0.3 is 0 Å². The number of aryl methyl sites for hydroxylation is 1. The van der Waals surface area contributed by atoms with E-state index >= 15 is 0 Å². The lowest BCUT2D eigenvalue weighted by molar-refractivity contribution is 0.0461. The molecule has 7 nitrogen and oxygen atoms in total. The number of aromatic nitrogens is 2. The highest BCUT2D eigenvalue weighted by molar-refractivity contribution is 7.09. The maximum atomic E-state index is 12.8. The van der Waals surface area contributed by atoms with Gasteiger partial charge in [0.15, 0.2) is 0 Å². The number of carbonyl (C=O) groups is 1. The molecule has 29 heavy (non-hydrogen) atoms. The van der Waals surface area contributed by atoms with E-state index in [-0.39, 0.29) is 11.9 Å². The summed E-state index contributed by atoms with van der Waals surface area (Å²) >= 11 is 1.79. The minimum absolute atomic E-state index is 0.205. The Labute approximate surface area is 175 Å². The number of hydrogen-bond donors (Lipinski definition) is 2. The van der Waals surface area contributed by atoms with Crippen LogP contribution in [0.3, 0.4) is 0 Å². The summed E-state index contributed by atoms with van der Waals surface area (Å²) in [6.45, 7) is 4.85. The predicted molar refractivity (Wildman–Crippen MR) is 114 cm³/mol. The summed E-state index contributed by atoms with van der Waals surface area (Å²) in [6, 6.07) is 4.05.